The third kappa shape index (κ3) is 6.46. The Hall–Kier alpha value is -5.81. The highest BCUT2D eigenvalue weighted by atomic mass is 79.9. The Bertz CT molecular complexity index is 2610. The Morgan fingerprint density at radius 1 is 0.453 bits per heavy atom. The van der Waals surface area contributed by atoms with Crippen molar-refractivity contribution in [1.29, 1.82) is 0 Å². The lowest BCUT2D eigenvalue weighted by Gasteiger charge is -2.04. The number of benzene rings is 5. The molecule has 8 nitrogen and oxygen atoms in total. The van der Waals surface area contributed by atoms with Crippen LogP contribution in [0.5, 0.6) is 11.8 Å². The molecule has 53 heavy (non-hydrogen) atoms. The van der Waals surface area contributed by atoms with Crippen LogP contribution in [0.15, 0.2) is 146 Å². The van der Waals surface area contributed by atoms with Crippen LogP contribution < -0.4 is 0 Å². The Kier molecular flexibility index (Phi) is 9.03. The van der Waals surface area contributed by atoms with Crippen LogP contribution in [0, 0.1) is 0 Å². The first-order valence-corrected chi connectivity index (χ1v) is 18.2. The molecule has 5 aromatic carbocycles. The minimum Gasteiger partial charge on any atom is -0.494 e. The number of carbonyl (C=O) groups excluding carboxylic acids is 2. The molecule has 2 aliphatic rings. The van der Waals surface area contributed by atoms with Crippen LogP contribution >= 0.6 is 43.5 Å². The van der Waals surface area contributed by atoms with E-state index >= 15 is 0 Å². The molecule has 7 aromatic rings. The van der Waals surface area contributed by atoms with E-state index in [0.717, 1.165) is 42.3 Å². The van der Waals surface area contributed by atoms with Gasteiger partial charge >= 0.3 is 0 Å². The van der Waals surface area contributed by atoms with Gasteiger partial charge in [0, 0.05) is 25.1 Å². The second kappa shape index (κ2) is 14.0. The van der Waals surface area contributed by atoms with Crippen LogP contribution in [0.4, 0.5) is 0 Å². The molecule has 9 rings (SSSR count). The number of aromatic amines is 2. The van der Waals surface area contributed by atoms with Crippen molar-refractivity contribution in [2.45, 2.75) is 0 Å². The van der Waals surface area contributed by atoms with Gasteiger partial charge in [-0.15, -0.1) is 0 Å². The Morgan fingerprint density at radius 3 is 1.26 bits per heavy atom. The number of rotatable bonds is 5. The van der Waals surface area contributed by atoms with Gasteiger partial charge in [-0.2, -0.15) is 0 Å². The lowest BCUT2D eigenvalue weighted by Crippen LogP contribution is -1.99. The summed E-state index contributed by atoms with van der Waals surface area (Å²) in [4.78, 5) is 39.3. The summed E-state index contributed by atoms with van der Waals surface area (Å²) >= 11 is 12.7. The number of fused-ring (bicyclic) bond motifs is 2. The Labute approximate surface area is 324 Å². The normalized spacial score (nSPS) is 12.9. The first kappa shape index (κ1) is 34.3. The van der Waals surface area contributed by atoms with E-state index in [2.05, 4.69) is 51.8 Å². The monoisotopic (exact) mass is 842 g/mol. The fourth-order valence-corrected chi connectivity index (χ4v) is 7.09. The van der Waals surface area contributed by atoms with Crippen LogP contribution in [0.25, 0.3) is 33.6 Å². The van der Waals surface area contributed by atoms with Crippen LogP contribution in [0.1, 0.15) is 43.0 Å². The maximum absolute atomic E-state index is 12.7. The summed E-state index contributed by atoms with van der Waals surface area (Å²) < 4.78 is 1.88. The maximum Gasteiger partial charge on any atom is 0.280 e. The van der Waals surface area contributed by atoms with Gasteiger partial charge in [-0.3, -0.25) is 9.59 Å². The number of nitrogens with zero attached hydrogens (tertiary/aromatic N) is 2. The van der Waals surface area contributed by atoms with Crippen LogP contribution in [-0.2, 0) is 0 Å². The molecular formula is C42H25Br2ClN4O4. The van der Waals surface area contributed by atoms with Gasteiger partial charge in [-0.25, -0.2) is 9.98 Å². The summed E-state index contributed by atoms with van der Waals surface area (Å²) in [5.74, 6) is -0.835. The summed E-state index contributed by atoms with van der Waals surface area (Å²) in [6.07, 6.45) is 0. The van der Waals surface area contributed by atoms with Crippen molar-refractivity contribution >= 4 is 66.7 Å². The van der Waals surface area contributed by atoms with Crippen molar-refractivity contribution in [3.63, 3.8) is 0 Å². The quantitative estimate of drug-likeness (QED) is 0.137. The smallest absolute Gasteiger partial charge is 0.280 e. The van der Waals surface area contributed by atoms with Gasteiger partial charge in [0.2, 0.25) is 0 Å². The molecule has 0 radical (unpaired) electrons. The van der Waals surface area contributed by atoms with Gasteiger partial charge in [0.15, 0.2) is 11.8 Å². The maximum atomic E-state index is 12.7. The van der Waals surface area contributed by atoms with Gasteiger partial charge < -0.3 is 20.2 Å². The first-order valence-electron chi connectivity index (χ1n) is 16.3. The highest BCUT2D eigenvalue weighted by molar-refractivity contribution is 9.10. The number of hydrogen-bond acceptors (Lipinski definition) is 4. The fourth-order valence-electron chi connectivity index (χ4n) is 6.43. The SMILES string of the molecule is O=C1N=C(c2ccc(Br)cc2)c2c(O)[nH]c(-c3ccc(Br)cc3)c21.O=C1N=C(c2ccc(Cl)cc2)c2c(O)[nH]c(-c3ccc(-c4ccccc4)cc3)c21. The van der Waals surface area contributed by atoms with Crippen molar-refractivity contribution in [1.82, 2.24) is 9.97 Å². The number of halogens is 3. The van der Waals surface area contributed by atoms with Crippen molar-refractivity contribution in [3.05, 3.63) is 175 Å². The molecule has 0 bridgehead atoms. The van der Waals surface area contributed by atoms with Crippen molar-refractivity contribution in [3.8, 4) is 45.4 Å². The highest BCUT2D eigenvalue weighted by Crippen LogP contribution is 2.40. The summed E-state index contributed by atoms with van der Waals surface area (Å²) in [6.45, 7) is 0. The number of carbonyl (C=O) groups is 2. The standard InChI is InChI=1S/C24H15ClN2O2.C18H10Br2N2O2/c25-18-12-10-17(11-13-18)22-20-19(23(28)27-22)21(26-24(20)29)16-8-6-15(7-9-16)14-4-2-1-3-5-14;19-11-5-1-9(2-6-11)15-13-14(18(24)21-15)16(22-17(13)23)10-3-7-12(20)8-4-10/h1-13,26,29H;1-8,21,24H. The Morgan fingerprint density at radius 2 is 0.811 bits per heavy atom. The average Bonchev–Trinajstić information content (AvgIpc) is 3.91. The van der Waals surface area contributed by atoms with Crippen molar-refractivity contribution in [2.75, 3.05) is 0 Å². The fraction of sp³-hybridized carbons (Fsp3) is 0. The van der Waals surface area contributed by atoms with E-state index in [1.807, 2.05) is 103 Å². The van der Waals surface area contributed by atoms with E-state index in [0.29, 0.717) is 50.1 Å². The summed E-state index contributed by atoms with van der Waals surface area (Å²) in [5.41, 5.74) is 9.08. The lowest BCUT2D eigenvalue weighted by atomic mass is 9.98. The largest absolute Gasteiger partial charge is 0.494 e. The van der Waals surface area contributed by atoms with E-state index in [-0.39, 0.29) is 23.6 Å². The van der Waals surface area contributed by atoms with Crippen LogP contribution in [0.3, 0.4) is 0 Å². The predicted octanol–water partition coefficient (Wildman–Crippen LogP) is 10.6. The molecule has 0 saturated heterocycles. The van der Waals surface area contributed by atoms with Crippen LogP contribution in [-0.4, -0.2) is 43.4 Å². The molecule has 0 fully saturated rings. The third-order valence-corrected chi connectivity index (χ3v) is 10.2. The average molecular weight is 845 g/mol. The highest BCUT2D eigenvalue weighted by Gasteiger charge is 2.34. The molecule has 2 aromatic heterocycles. The van der Waals surface area contributed by atoms with Crippen LogP contribution in [0.2, 0.25) is 5.02 Å². The van der Waals surface area contributed by atoms with Crippen molar-refractivity contribution < 1.29 is 19.8 Å². The zero-order valence-electron chi connectivity index (χ0n) is 27.4. The number of hydrogen-bond donors (Lipinski definition) is 4. The van der Waals surface area contributed by atoms with E-state index in [1.54, 1.807) is 24.3 Å². The molecule has 0 atom stereocenters. The van der Waals surface area contributed by atoms with Gasteiger partial charge in [0.25, 0.3) is 11.8 Å². The molecular weight excluding hydrogens is 820 g/mol. The van der Waals surface area contributed by atoms with E-state index in [9.17, 15) is 19.8 Å². The molecule has 4 heterocycles. The molecule has 4 N–H and O–H groups in total. The number of aromatic hydroxyl groups is 2. The van der Waals surface area contributed by atoms with E-state index in [1.165, 1.54) is 0 Å². The molecule has 0 aliphatic carbocycles. The van der Waals surface area contributed by atoms with Gasteiger partial charge in [0.05, 0.1) is 45.1 Å². The minimum absolute atomic E-state index is 0.0459. The topological polar surface area (TPSA) is 131 Å². The predicted molar refractivity (Wildman–Crippen MR) is 214 cm³/mol. The van der Waals surface area contributed by atoms with Crippen molar-refractivity contribution in [2.24, 2.45) is 9.98 Å². The second-order valence-corrected chi connectivity index (χ2v) is 14.5. The molecule has 11 heteroatoms. The molecule has 0 spiro atoms. The number of H-pyrrole nitrogens is 2. The third-order valence-electron chi connectivity index (χ3n) is 8.94. The van der Waals surface area contributed by atoms with Gasteiger partial charge in [-0.1, -0.05) is 134 Å². The van der Waals surface area contributed by atoms with Gasteiger partial charge in [0.1, 0.15) is 0 Å². The van der Waals surface area contributed by atoms with Gasteiger partial charge in [-0.05, 0) is 58.7 Å². The Balaban J connectivity index is 0.000000154. The number of nitrogens with one attached hydrogen (secondary N) is 2. The lowest BCUT2D eigenvalue weighted by molar-refractivity contribution is 0.0998. The molecule has 0 saturated carbocycles. The zero-order valence-corrected chi connectivity index (χ0v) is 31.3. The number of amides is 2. The number of aromatic nitrogens is 2. The molecule has 2 aliphatic heterocycles. The van der Waals surface area contributed by atoms with E-state index in [4.69, 9.17) is 11.6 Å². The molecule has 0 unspecified atom stereocenters. The summed E-state index contributed by atoms with van der Waals surface area (Å²) in [5, 5.41) is 21.5. The summed E-state index contributed by atoms with van der Waals surface area (Å²) in [6, 6.07) is 39.9. The number of aliphatic imine (C=N–C) groups is 2. The second-order valence-electron chi connectivity index (χ2n) is 12.2. The molecule has 258 valence electrons. The zero-order chi connectivity index (χ0) is 36.8. The first-order chi connectivity index (χ1) is 25.7. The minimum atomic E-state index is -0.372. The summed E-state index contributed by atoms with van der Waals surface area (Å²) in [7, 11) is 0. The molecule has 2 amide bonds. The van der Waals surface area contributed by atoms with E-state index < -0.39 is 0 Å².